The number of nitrogens with one attached hydrogen (secondary N) is 1. The van der Waals surface area contributed by atoms with Gasteiger partial charge in [0, 0.05) is 69.0 Å². The molecule has 2 aliphatic rings. The molecule has 1 amide bonds. The average molecular weight is 596 g/mol. The second-order valence-electron chi connectivity index (χ2n) is 10.9. The van der Waals surface area contributed by atoms with Crippen LogP contribution in [0.2, 0.25) is 0 Å². The van der Waals surface area contributed by atoms with E-state index in [0.29, 0.717) is 72.7 Å². The molecule has 1 aromatic carbocycles. The lowest BCUT2D eigenvalue weighted by atomic mass is 10.1. The van der Waals surface area contributed by atoms with Gasteiger partial charge in [-0.25, -0.2) is 24.3 Å². The molecule has 0 saturated carbocycles. The van der Waals surface area contributed by atoms with E-state index in [-0.39, 0.29) is 17.6 Å². The summed E-state index contributed by atoms with van der Waals surface area (Å²) in [6, 6.07) is 9.83. The van der Waals surface area contributed by atoms with E-state index in [2.05, 4.69) is 25.2 Å². The maximum Gasteiger partial charge on any atom is 0.246 e. The smallest absolute Gasteiger partial charge is 0.246 e. The summed E-state index contributed by atoms with van der Waals surface area (Å²) in [5, 5.41) is 3.07. The predicted octanol–water partition coefficient (Wildman–Crippen LogP) is 3.87. The quantitative estimate of drug-likeness (QED) is 0.278. The van der Waals surface area contributed by atoms with E-state index in [1.54, 1.807) is 36.5 Å². The van der Waals surface area contributed by atoms with Gasteiger partial charge in [0.25, 0.3) is 0 Å². The summed E-state index contributed by atoms with van der Waals surface area (Å²) in [6.07, 6.45) is 10.3. The first-order valence-corrected chi connectivity index (χ1v) is 14.2. The number of piperazine rings is 1. The number of benzene rings is 1. The molecule has 1 atom stereocenters. The van der Waals surface area contributed by atoms with Crippen LogP contribution in [0.3, 0.4) is 0 Å². The minimum Gasteiger partial charge on any atom is -0.487 e. The van der Waals surface area contributed by atoms with Crippen molar-refractivity contribution in [1.29, 1.82) is 0 Å². The van der Waals surface area contributed by atoms with E-state index in [1.807, 2.05) is 52.8 Å². The Morgan fingerprint density at radius 2 is 2.02 bits per heavy atom. The number of halogens is 1. The number of fused-ring (bicyclic) bond motifs is 6. The SMILES string of the molecule is CN(C)C/C=C/C(=O)N1CCN2CC1COc1cc3ncnc(Nc4ccc(Oc5ccn6ccnc6c5)cc4F)c3nc12. The summed E-state index contributed by atoms with van der Waals surface area (Å²) >= 11 is 0. The van der Waals surface area contributed by atoms with E-state index < -0.39 is 5.82 Å². The second-order valence-corrected chi connectivity index (χ2v) is 10.9. The molecule has 1 saturated heterocycles. The molecule has 0 spiro atoms. The average Bonchev–Trinajstić information content (AvgIpc) is 3.44. The minimum absolute atomic E-state index is 0.0286. The minimum atomic E-state index is -0.516. The Bertz CT molecular complexity index is 1890. The Kier molecular flexibility index (Phi) is 7.14. The zero-order valence-corrected chi connectivity index (χ0v) is 24.2. The van der Waals surface area contributed by atoms with Gasteiger partial charge >= 0.3 is 0 Å². The monoisotopic (exact) mass is 595 g/mol. The van der Waals surface area contributed by atoms with Gasteiger partial charge in [-0.05, 0) is 32.3 Å². The molecule has 2 bridgehead atoms. The van der Waals surface area contributed by atoms with E-state index in [1.165, 1.54) is 12.4 Å². The van der Waals surface area contributed by atoms with E-state index in [4.69, 9.17) is 14.5 Å². The molecule has 44 heavy (non-hydrogen) atoms. The number of carbonyl (C=O) groups excluding carboxylic acids is 1. The molecule has 0 aliphatic carbocycles. The van der Waals surface area contributed by atoms with Crippen molar-refractivity contribution in [3.8, 4) is 17.2 Å². The van der Waals surface area contributed by atoms with Gasteiger partial charge in [-0.3, -0.25) is 4.79 Å². The number of imidazole rings is 1. The third kappa shape index (κ3) is 5.44. The van der Waals surface area contributed by atoms with Gasteiger partial charge < -0.3 is 33.9 Å². The highest BCUT2D eigenvalue weighted by molar-refractivity contribution is 5.90. The molecule has 5 aromatic rings. The van der Waals surface area contributed by atoms with Crippen molar-refractivity contribution in [2.24, 2.45) is 0 Å². The van der Waals surface area contributed by atoms with Crippen LogP contribution in [0.25, 0.3) is 16.7 Å². The normalized spacial score (nSPS) is 16.3. The Morgan fingerprint density at radius 1 is 1.14 bits per heavy atom. The molecule has 1 fully saturated rings. The molecule has 12 nitrogen and oxygen atoms in total. The molecule has 2 aliphatic heterocycles. The zero-order chi connectivity index (χ0) is 30.2. The summed E-state index contributed by atoms with van der Waals surface area (Å²) in [5.74, 6) is 1.94. The summed E-state index contributed by atoms with van der Waals surface area (Å²) in [5.41, 5.74) is 1.97. The van der Waals surface area contributed by atoms with Crippen molar-refractivity contribution in [3.63, 3.8) is 0 Å². The van der Waals surface area contributed by atoms with Gasteiger partial charge in [-0.15, -0.1) is 0 Å². The lowest BCUT2D eigenvalue weighted by Crippen LogP contribution is -2.56. The van der Waals surface area contributed by atoms with Crippen molar-refractivity contribution < 1.29 is 18.7 Å². The van der Waals surface area contributed by atoms with Crippen LogP contribution < -0.4 is 19.7 Å². The Balaban J connectivity index is 1.10. The van der Waals surface area contributed by atoms with E-state index >= 15 is 4.39 Å². The number of anilines is 3. The first-order chi connectivity index (χ1) is 21.4. The molecule has 6 heterocycles. The first kappa shape index (κ1) is 27.5. The highest BCUT2D eigenvalue weighted by atomic mass is 19.1. The number of nitrogens with zero attached hydrogens (tertiary/aromatic N) is 8. The Labute approximate surface area is 252 Å². The fraction of sp³-hybridized carbons (Fsp3) is 0.258. The van der Waals surface area contributed by atoms with Gasteiger partial charge in [0.1, 0.15) is 41.4 Å². The number of hydrogen-bond acceptors (Lipinski definition) is 10. The summed E-state index contributed by atoms with van der Waals surface area (Å²) in [7, 11) is 3.92. The van der Waals surface area contributed by atoms with Crippen LogP contribution in [0, 0.1) is 5.82 Å². The summed E-state index contributed by atoms with van der Waals surface area (Å²) in [6.45, 7) is 2.76. The second kappa shape index (κ2) is 11.4. The van der Waals surface area contributed by atoms with Gasteiger partial charge in [0.15, 0.2) is 17.4 Å². The van der Waals surface area contributed by atoms with Crippen molar-refractivity contribution in [2.75, 3.05) is 57.1 Å². The largest absolute Gasteiger partial charge is 0.487 e. The van der Waals surface area contributed by atoms with Gasteiger partial charge in [0.05, 0.1) is 17.2 Å². The van der Waals surface area contributed by atoms with Crippen LogP contribution in [0.1, 0.15) is 0 Å². The first-order valence-electron chi connectivity index (χ1n) is 14.2. The molecular formula is C31H30FN9O3. The highest BCUT2D eigenvalue weighted by Crippen LogP contribution is 2.36. The summed E-state index contributed by atoms with van der Waals surface area (Å²) in [4.78, 5) is 36.8. The van der Waals surface area contributed by atoms with Crippen LogP contribution in [0.5, 0.6) is 17.2 Å². The van der Waals surface area contributed by atoms with Crippen molar-refractivity contribution in [3.05, 3.63) is 79.3 Å². The molecular weight excluding hydrogens is 565 g/mol. The van der Waals surface area contributed by atoms with Crippen LogP contribution in [-0.4, -0.2) is 93.0 Å². The number of carbonyl (C=O) groups is 1. The van der Waals surface area contributed by atoms with E-state index in [0.717, 1.165) is 5.65 Å². The van der Waals surface area contributed by atoms with Crippen LogP contribution in [0.15, 0.2) is 73.5 Å². The Hall–Kier alpha value is -5.30. The molecule has 224 valence electrons. The summed E-state index contributed by atoms with van der Waals surface area (Å²) < 4.78 is 29.2. The molecule has 4 aromatic heterocycles. The third-order valence-corrected chi connectivity index (χ3v) is 7.58. The lowest BCUT2D eigenvalue weighted by Gasteiger charge is -2.39. The zero-order valence-electron chi connectivity index (χ0n) is 24.2. The number of amides is 1. The Morgan fingerprint density at radius 3 is 2.89 bits per heavy atom. The molecule has 13 heteroatoms. The van der Waals surface area contributed by atoms with Gasteiger partial charge in [-0.1, -0.05) is 6.08 Å². The van der Waals surface area contributed by atoms with Crippen molar-refractivity contribution in [1.82, 2.24) is 34.1 Å². The highest BCUT2D eigenvalue weighted by Gasteiger charge is 2.35. The standard InChI is InChI=1S/C31H30FN9O3/c1-38(2)9-3-4-28(42)41-13-12-40-17-20(41)18-43-26-16-25-29(37-31(26)40)30(35-19-34-25)36-24-6-5-21(14-23(24)32)44-22-7-10-39-11-8-33-27(39)15-22/h3-8,10-11,14-16,19-20H,9,12-13,17-18H2,1-2H3,(H,34,35,36)/b4-3+. The molecule has 1 unspecified atom stereocenters. The number of pyridine rings is 2. The van der Waals surface area contributed by atoms with E-state index in [9.17, 15) is 4.79 Å². The predicted molar refractivity (Wildman–Crippen MR) is 163 cm³/mol. The topological polar surface area (TPSA) is 113 Å². The number of rotatable bonds is 7. The molecule has 1 N–H and O–H groups in total. The van der Waals surface area contributed by atoms with Crippen LogP contribution in [-0.2, 0) is 4.79 Å². The number of likely N-dealkylation sites (N-methyl/N-ethyl adjacent to an activating group) is 1. The molecule has 7 rings (SSSR count). The van der Waals surface area contributed by atoms with Crippen molar-refractivity contribution >= 4 is 39.9 Å². The van der Waals surface area contributed by atoms with Crippen LogP contribution in [0.4, 0.5) is 21.7 Å². The number of hydrogen-bond donors (Lipinski definition) is 1. The lowest BCUT2D eigenvalue weighted by molar-refractivity contribution is -0.129. The van der Waals surface area contributed by atoms with Gasteiger partial charge in [0.2, 0.25) is 5.91 Å². The number of ether oxygens (including phenoxy) is 2. The fourth-order valence-electron chi connectivity index (χ4n) is 5.39. The van der Waals surface area contributed by atoms with Crippen LogP contribution >= 0.6 is 0 Å². The number of aromatic nitrogens is 5. The fourth-order valence-corrected chi connectivity index (χ4v) is 5.39. The maximum absolute atomic E-state index is 15.3. The maximum atomic E-state index is 15.3. The van der Waals surface area contributed by atoms with Crippen molar-refractivity contribution in [2.45, 2.75) is 6.04 Å². The van der Waals surface area contributed by atoms with Gasteiger partial charge in [-0.2, -0.15) is 0 Å². The third-order valence-electron chi connectivity index (χ3n) is 7.58. The molecule has 0 radical (unpaired) electrons.